The Hall–Kier alpha value is -2.50. The summed E-state index contributed by atoms with van der Waals surface area (Å²) in [6.45, 7) is 0.142. The van der Waals surface area contributed by atoms with E-state index in [-0.39, 0.29) is 12.5 Å². The monoisotopic (exact) mass is 259 g/mol. The smallest absolute Gasteiger partial charge is 0.246 e. The second-order valence-electron chi connectivity index (χ2n) is 4.46. The van der Waals surface area contributed by atoms with E-state index >= 15 is 0 Å². The summed E-state index contributed by atoms with van der Waals surface area (Å²) >= 11 is 0. The van der Waals surface area contributed by atoms with Crippen molar-refractivity contribution in [2.75, 3.05) is 30.0 Å². The van der Waals surface area contributed by atoms with Crippen LogP contribution in [0.5, 0.6) is 0 Å². The van der Waals surface area contributed by atoms with Crippen LogP contribution >= 0.6 is 0 Å². The molecule has 2 rings (SSSR count). The number of carbonyl (C=O) groups is 1. The van der Waals surface area contributed by atoms with Crippen molar-refractivity contribution in [3.05, 3.63) is 36.7 Å². The first-order valence-electron chi connectivity index (χ1n) is 5.90. The molecule has 0 spiro atoms. The number of nitrogens with zero attached hydrogens (tertiary/aromatic N) is 3. The summed E-state index contributed by atoms with van der Waals surface area (Å²) in [5.74, 6) is -0.140. The molecule has 0 atom stereocenters. The lowest BCUT2D eigenvalue weighted by Gasteiger charge is -2.14. The molecule has 0 bridgehead atoms. The molecule has 1 heterocycles. The highest BCUT2D eigenvalue weighted by Crippen LogP contribution is 2.17. The standard InChI is InChI=1S/C13H17N5O/c1-17(2)12-5-3-4-11(6-12)16-13(19)9-18-8-10(14)7-15-18/h3-8H,9,14H2,1-2H3,(H,16,19). The second kappa shape index (κ2) is 5.43. The summed E-state index contributed by atoms with van der Waals surface area (Å²) in [7, 11) is 3.90. The average Bonchev–Trinajstić information content (AvgIpc) is 2.74. The first kappa shape index (κ1) is 12.9. The minimum atomic E-state index is -0.140. The molecule has 2 aromatic rings. The number of anilines is 3. The van der Waals surface area contributed by atoms with Gasteiger partial charge in [-0.25, -0.2) is 0 Å². The molecule has 0 unspecified atom stereocenters. The van der Waals surface area contributed by atoms with Crippen LogP contribution in [0, 0.1) is 0 Å². The fourth-order valence-corrected chi connectivity index (χ4v) is 1.68. The highest BCUT2D eigenvalue weighted by atomic mass is 16.2. The maximum Gasteiger partial charge on any atom is 0.246 e. The van der Waals surface area contributed by atoms with Crippen molar-refractivity contribution in [3.63, 3.8) is 0 Å². The van der Waals surface area contributed by atoms with Crippen LogP contribution in [0.25, 0.3) is 0 Å². The predicted octanol–water partition coefficient (Wildman–Crippen LogP) is 1.17. The van der Waals surface area contributed by atoms with Crippen LogP contribution in [0.2, 0.25) is 0 Å². The summed E-state index contributed by atoms with van der Waals surface area (Å²) in [5.41, 5.74) is 7.87. The van der Waals surface area contributed by atoms with E-state index in [2.05, 4.69) is 10.4 Å². The molecule has 6 nitrogen and oxygen atoms in total. The van der Waals surface area contributed by atoms with Crippen LogP contribution < -0.4 is 16.0 Å². The van der Waals surface area contributed by atoms with Gasteiger partial charge in [0, 0.05) is 31.7 Å². The van der Waals surface area contributed by atoms with E-state index in [0.29, 0.717) is 5.69 Å². The van der Waals surface area contributed by atoms with Gasteiger partial charge in [-0.15, -0.1) is 0 Å². The van der Waals surface area contributed by atoms with Gasteiger partial charge in [0.05, 0.1) is 11.9 Å². The fourth-order valence-electron chi connectivity index (χ4n) is 1.68. The summed E-state index contributed by atoms with van der Waals surface area (Å²) in [5, 5.41) is 6.79. The number of carbonyl (C=O) groups excluding carboxylic acids is 1. The van der Waals surface area contributed by atoms with Gasteiger partial charge in [-0.05, 0) is 18.2 Å². The van der Waals surface area contributed by atoms with Crippen molar-refractivity contribution in [1.29, 1.82) is 0 Å². The number of hydrogen-bond acceptors (Lipinski definition) is 4. The molecule has 0 saturated carbocycles. The van der Waals surface area contributed by atoms with Crippen LogP contribution in [-0.2, 0) is 11.3 Å². The van der Waals surface area contributed by atoms with Gasteiger partial charge >= 0.3 is 0 Å². The van der Waals surface area contributed by atoms with Gasteiger partial charge in [0.15, 0.2) is 0 Å². The molecule has 3 N–H and O–H groups in total. The Morgan fingerprint density at radius 3 is 2.89 bits per heavy atom. The first-order valence-corrected chi connectivity index (χ1v) is 5.90. The lowest BCUT2D eigenvalue weighted by Crippen LogP contribution is -2.19. The molecule has 1 aromatic heterocycles. The number of nitrogens with one attached hydrogen (secondary N) is 1. The molecule has 0 saturated heterocycles. The normalized spacial score (nSPS) is 10.2. The zero-order valence-corrected chi connectivity index (χ0v) is 11.0. The van der Waals surface area contributed by atoms with Gasteiger partial charge in [0.2, 0.25) is 5.91 Å². The number of aromatic nitrogens is 2. The van der Waals surface area contributed by atoms with Crippen molar-refractivity contribution >= 4 is 23.0 Å². The number of benzene rings is 1. The predicted molar refractivity (Wildman–Crippen MR) is 76.0 cm³/mol. The minimum absolute atomic E-state index is 0.140. The third-order valence-electron chi connectivity index (χ3n) is 2.61. The summed E-state index contributed by atoms with van der Waals surface area (Å²) < 4.78 is 1.50. The molecule has 100 valence electrons. The van der Waals surface area contributed by atoms with Gasteiger partial charge in [0.1, 0.15) is 6.54 Å². The average molecular weight is 259 g/mol. The summed E-state index contributed by atoms with van der Waals surface area (Å²) in [4.78, 5) is 13.8. The minimum Gasteiger partial charge on any atom is -0.396 e. The van der Waals surface area contributed by atoms with Crippen molar-refractivity contribution in [1.82, 2.24) is 9.78 Å². The maximum absolute atomic E-state index is 11.8. The SMILES string of the molecule is CN(C)c1cccc(NC(=O)Cn2cc(N)cn2)c1. The van der Waals surface area contributed by atoms with Crippen LogP contribution in [-0.4, -0.2) is 29.8 Å². The van der Waals surface area contributed by atoms with E-state index in [1.54, 1.807) is 6.20 Å². The molecule has 6 heteroatoms. The van der Waals surface area contributed by atoms with E-state index in [4.69, 9.17) is 5.73 Å². The molecule has 0 aliphatic carbocycles. The van der Waals surface area contributed by atoms with Gasteiger partial charge in [-0.2, -0.15) is 5.10 Å². The number of nitrogens with two attached hydrogens (primary N) is 1. The third-order valence-corrected chi connectivity index (χ3v) is 2.61. The lowest BCUT2D eigenvalue weighted by molar-refractivity contribution is -0.116. The largest absolute Gasteiger partial charge is 0.396 e. The molecule has 0 radical (unpaired) electrons. The molecular weight excluding hydrogens is 242 g/mol. The van der Waals surface area contributed by atoms with E-state index in [9.17, 15) is 4.79 Å². The van der Waals surface area contributed by atoms with Gasteiger partial charge in [0.25, 0.3) is 0 Å². The Bertz CT molecular complexity index is 576. The molecule has 0 fully saturated rings. The summed E-state index contributed by atoms with van der Waals surface area (Å²) in [6, 6.07) is 7.64. The molecule has 1 amide bonds. The third kappa shape index (κ3) is 3.48. The van der Waals surface area contributed by atoms with E-state index < -0.39 is 0 Å². The van der Waals surface area contributed by atoms with Crippen LogP contribution in [0.3, 0.4) is 0 Å². The molecule has 1 aromatic carbocycles. The quantitative estimate of drug-likeness (QED) is 0.864. The van der Waals surface area contributed by atoms with E-state index in [1.807, 2.05) is 43.3 Å². The van der Waals surface area contributed by atoms with Crippen LogP contribution in [0.15, 0.2) is 36.7 Å². The molecule has 0 aliphatic rings. The van der Waals surface area contributed by atoms with Crippen molar-refractivity contribution in [2.45, 2.75) is 6.54 Å². The Labute approximate surface area is 111 Å². The second-order valence-corrected chi connectivity index (χ2v) is 4.46. The maximum atomic E-state index is 11.8. The Morgan fingerprint density at radius 1 is 1.47 bits per heavy atom. The highest BCUT2D eigenvalue weighted by Gasteiger charge is 2.05. The lowest BCUT2D eigenvalue weighted by atomic mass is 10.2. The van der Waals surface area contributed by atoms with E-state index in [1.165, 1.54) is 10.9 Å². The van der Waals surface area contributed by atoms with Crippen molar-refractivity contribution in [3.8, 4) is 0 Å². The zero-order valence-electron chi connectivity index (χ0n) is 11.0. The van der Waals surface area contributed by atoms with Gasteiger partial charge in [-0.3, -0.25) is 9.48 Å². The number of nitrogen functional groups attached to an aromatic ring is 1. The topological polar surface area (TPSA) is 76.2 Å². The van der Waals surface area contributed by atoms with Crippen LogP contribution in [0.4, 0.5) is 17.1 Å². The van der Waals surface area contributed by atoms with Crippen molar-refractivity contribution in [2.24, 2.45) is 0 Å². The fraction of sp³-hybridized carbons (Fsp3) is 0.231. The van der Waals surface area contributed by atoms with Crippen molar-refractivity contribution < 1.29 is 4.79 Å². The highest BCUT2D eigenvalue weighted by molar-refractivity contribution is 5.91. The van der Waals surface area contributed by atoms with Crippen LogP contribution in [0.1, 0.15) is 0 Å². The first-order chi connectivity index (χ1) is 9.04. The zero-order chi connectivity index (χ0) is 13.8. The Kier molecular flexibility index (Phi) is 3.70. The number of rotatable bonds is 4. The molecule has 19 heavy (non-hydrogen) atoms. The summed E-state index contributed by atoms with van der Waals surface area (Å²) in [6.07, 6.45) is 3.13. The Balaban J connectivity index is 2.00. The van der Waals surface area contributed by atoms with Gasteiger partial charge < -0.3 is 16.0 Å². The Morgan fingerprint density at radius 2 is 2.26 bits per heavy atom. The molecular formula is C13H17N5O. The van der Waals surface area contributed by atoms with E-state index in [0.717, 1.165) is 11.4 Å². The molecule has 0 aliphatic heterocycles. The number of amides is 1. The van der Waals surface area contributed by atoms with Gasteiger partial charge in [-0.1, -0.05) is 6.07 Å². The number of hydrogen-bond donors (Lipinski definition) is 2.